The number of esters is 1. The standard InChI is InChI=1S/C9H17NO2S.HI/c1-10(2)5-4-8(13)7(6-10)9(11)12-3;/h7-8H,4-6H2,1-3H3;1H. The van der Waals surface area contributed by atoms with E-state index in [1.165, 1.54) is 7.11 Å². The average Bonchev–Trinajstić information content (AvgIpc) is 2.08. The van der Waals surface area contributed by atoms with Crippen molar-refractivity contribution in [2.45, 2.75) is 11.7 Å². The van der Waals surface area contributed by atoms with E-state index in [1.807, 2.05) is 0 Å². The molecule has 5 heteroatoms. The largest absolute Gasteiger partial charge is 1.00 e. The van der Waals surface area contributed by atoms with Crippen molar-refractivity contribution in [2.75, 3.05) is 34.3 Å². The lowest BCUT2D eigenvalue weighted by Gasteiger charge is -2.39. The molecule has 1 rings (SSSR count). The Bertz CT molecular complexity index is 211. The molecular formula is C9H18INO2S. The van der Waals surface area contributed by atoms with E-state index in [0.29, 0.717) is 0 Å². The summed E-state index contributed by atoms with van der Waals surface area (Å²) in [4.78, 5) is 11.4. The molecule has 1 heterocycles. The lowest BCUT2D eigenvalue weighted by Crippen LogP contribution is -3.00. The summed E-state index contributed by atoms with van der Waals surface area (Å²) in [6, 6.07) is 0. The molecule has 0 aromatic rings. The van der Waals surface area contributed by atoms with Gasteiger partial charge in [0, 0.05) is 11.7 Å². The number of hydrogen-bond donors (Lipinski definition) is 1. The van der Waals surface area contributed by atoms with Gasteiger partial charge in [0.15, 0.2) is 0 Å². The molecule has 0 saturated carbocycles. The Kier molecular flexibility index (Phi) is 5.76. The summed E-state index contributed by atoms with van der Waals surface area (Å²) in [7, 11) is 5.71. The summed E-state index contributed by atoms with van der Waals surface area (Å²) in [6.45, 7) is 1.92. The topological polar surface area (TPSA) is 26.3 Å². The summed E-state index contributed by atoms with van der Waals surface area (Å²) in [6.07, 6.45) is 0.982. The molecule has 1 fully saturated rings. The highest BCUT2D eigenvalue weighted by molar-refractivity contribution is 7.81. The number of carbonyl (C=O) groups is 1. The second-order valence-electron chi connectivity index (χ2n) is 4.33. The zero-order valence-corrected chi connectivity index (χ0v) is 11.9. The molecule has 14 heavy (non-hydrogen) atoms. The molecule has 0 aromatic heterocycles. The average molecular weight is 331 g/mol. The first-order chi connectivity index (χ1) is 5.96. The van der Waals surface area contributed by atoms with Crippen molar-refractivity contribution in [3.8, 4) is 0 Å². The van der Waals surface area contributed by atoms with Crippen LogP contribution in [-0.2, 0) is 9.53 Å². The van der Waals surface area contributed by atoms with Gasteiger partial charge >= 0.3 is 5.97 Å². The first-order valence-electron chi connectivity index (χ1n) is 4.54. The first-order valence-corrected chi connectivity index (χ1v) is 5.06. The highest BCUT2D eigenvalue weighted by atomic mass is 127. The maximum atomic E-state index is 11.4. The fourth-order valence-corrected chi connectivity index (χ4v) is 2.14. The van der Waals surface area contributed by atoms with Crippen LogP contribution in [-0.4, -0.2) is 50.0 Å². The zero-order chi connectivity index (χ0) is 10.1. The third-order valence-electron chi connectivity index (χ3n) is 2.69. The lowest BCUT2D eigenvalue weighted by molar-refractivity contribution is -0.897. The maximum absolute atomic E-state index is 11.4. The van der Waals surface area contributed by atoms with Gasteiger partial charge in [-0.15, -0.1) is 0 Å². The number of hydrogen-bond acceptors (Lipinski definition) is 3. The number of halogens is 1. The van der Waals surface area contributed by atoms with Crippen LogP contribution < -0.4 is 24.0 Å². The Morgan fingerprint density at radius 3 is 2.57 bits per heavy atom. The molecule has 1 aliphatic rings. The lowest BCUT2D eigenvalue weighted by atomic mass is 9.96. The molecule has 2 atom stereocenters. The number of ether oxygens (including phenoxy) is 1. The molecule has 0 N–H and O–H groups in total. The molecule has 1 saturated heterocycles. The van der Waals surface area contributed by atoms with E-state index in [1.54, 1.807) is 0 Å². The first kappa shape index (κ1) is 14.5. The number of carbonyl (C=O) groups excluding carboxylic acids is 1. The molecule has 2 unspecified atom stereocenters. The van der Waals surface area contributed by atoms with Crippen LogP contribution >= 0.6 is 12.6 Å². The van der Waals surface area contributed by atoms with Gasteiger partial charge in [0.05, 0.1) is 34.3 Å². The minimum Gasteiger partial charge on any atom is -1.00 e. The molecule has 1 aliphatic heterocycles. The van der Waals surface area contributed by atoms with Crippen molar-refractivity contribution in [1.29, 1.82) is 0 Å². The Labute approximate surface area is 108 Å². The quantitative estimate of drug-likeness (QED) is 0.250. The molecular weight excluding hydrogens is 313 g/mol. The maximum Gasteiger partial charge on any atom is 0.315 e. The van der Waals surface area contributed by atoms with Crippen LogP contribution in [0.1, 0.15) is 6.42 Å². The van der Waals surface area contributed by atoms with Crippen LogP contribution in [0.25, 0.3) is 0 Å². The van der Waals surface area contributed by atoms with Gasteiger partial charge in [-0.3, -0.25) is 4.79 Å². The molecule has 0 bridgehead atoms. The number of quaternary nitrogens is 1. The van der Waals surface area contributed by atoms with Gasteiger partial charge in [0.1, 0.15) is 5.92 Å². The van der Waals surface area contributed by atoms with Gasteiger partial charge in [-0.05, 0) is 0 Å². The highest BCUT2D eigenvalue weighted by Gasteiger charge is 2.38. The predicted octanol–water partition coefficient (Wildman–Crippen LogP) is -2.44. The fraction of sp³-hybridized carbons (Fsp3) is 0.889. The number of thiol groups is 1. The van der Waals surface area contributed by atoms with Crippen LogP contribution in [0.4, 0.5) is 0 Å². The van der Waals surface area contributed by atoms with Crippen molar-refractivity contribution in [1.82, 2.24) is 0 Å². The third-order valence-corrected chi connectivity index (χ3v) is 3.31. The van der Waals surface area contributed by atoms with Gasteiger partial charge in [0.2, 0.25) is 0 Å². The van der Waals surface area contributed by atoms with E-state index in [4.69, 9.17) is 4.74 Å². The Morgan fingerprint density at radius 1 is 1.50 bits per heavy atom. The second kappa shape index (κ2) is 5.55. The monoisotopic (exact) mass is 331 g/mol. The van der Waals surface area contributed by atoms with E-state index in [2.05, 4.69) is 26.7 Å². The highest BCUT2D eigenvalue weighted by Crippen LogP contribution is 2.25. The van der Waals surface area contributed by atoms with E-state index in [-0.39, 0.29) is 41.1 Å². The molecule has 84 valence electrons. The van der Waals surface area contributed by atoms with Crippen molar-refractivity contribution in [2.24, 2.45) is 5.92 Å². The molecule has 0 aromatic carbocycles. The van der Waals surface area contributed by atoms with Crippen LogP contribution in [0.5, 0.6) is 0 Å². The molecule has 0 amide bonds. The van der Waals surface area contributed by atoms with Gasteiger partial charge < -0.3 is 33.2 Å². The SMILES string of the molecule is COC(=O)C1C[N+](C)(C)CCC1S.[I-]. The zero-order valence-electron chi connectivity index (χ0n) is 8.86. The van der Waals surface area contributed by atoms with Crippen molar-refractivity contribution in [3.05, 3.63) is 0 Å². The van der Waals surface area contributed by atoms with Gasteiger partial charge in [-0.1, -0.05) is 0 Å². The van der Waals surface area contributed by atoms with Gasteiger partial charge in [-0.25, -0.2) is 0 Å². The molecule has 0 spiro atoms. The van der Waals surface area contributed by atoms with Crippen LogP contribution in [0.15, 0.2) is 0 Å². The molecule has 0 aliphatic carbocycles. The van der Waals surface area contributed by atoms with Crippen LogP contribution in [0.3, 0.4) is 0 Å². The van der Waals surface area contributed by atoms with E-state index in [9.17, 15) is 4.79 Å². The van der Waals surface area contributed by atoms with Crippen molar-refractivity contribution < 1.29 is 38.0 Å². The van der Waals surface area contributed by atoms with Crippen LogP contribution in [0, 0.1) is 5.92 Å². The third kappa shape index (κ3) is 3.58. The Balaban J connectivity index is 0.00000169. The van der Waals surface area contributed by atoms with Gasteiger partial charge in [-0.2, -0.15) is 12.6 Å². The Morgan fingerprint density at radius 2 is 2.07 bits per heavy atom. The second-order valence-corrected chi connectivity index (χ2v) is 4.99. The minimum absolute atomic E-state index is 0. The van der Waals surface area contributed by atoms with Crippen molar-refractivity contribution in [3.63, 3.8) is 0 Å². The number of likely N-dealkylation sites (tertiary alicyclic amines) is 1. The van der Waals surface area contributed by atoms with E-state index >= 15 is 0 Å². The summed E-state index contributed by atoms with van der Waals surface area (Å²) >= 11 is 4.42. The molecule has 3 nitrogen and oxygen atoms in total. The van der Waals surface area contributed by atoms with Crippen LogP contribution in [0.2, 0.25) is 0 Å². The molecule has 0 radical (unpaired) electrons. The summed E-state index contributed by atoms with van der Waals surface area (Å²) in [5.74, 6) is -0.164. The van der Waals surface area contributed by atoms with E-state index in [0.717, 1.165) is 24.0 Å². The number of methoxy groups -OCH3 is 1. The van der Waals surface area contributed by atoms with Gasteiger partial charge in [0.25, 0.3) is 0 Å². The summed E-state index contributed by atoms with van der Waals surface area (Å²) in [5, 5.41) is 0.165. The number of nitrogens with zero attached hydrogens (tertiary/aromatic N) is 1. The predicted molar refractivity (Wildman–Crippen MR) is 54.7 cm³/mol. The Hall–Kier alpha value is 0.510. The fourth-order valence-electron chi connectivity index (χ4n) is 1.81. The van der Waals surface area contributed by atoms with Crippen molar-refractivity contribution >= 4 is 18.6 Å². The normalized spacial score (nSPS) is 30.3. The number of piperidine rings is 1. The van der Waals surface area contributed by atoms with E-state index < -0.39 is 0 Å². The summed E-state index contributed by atoms with van der Waals surface area (Å²) < 4.78 is 5.64. The minimum atomic E-state index is -0.120. The summed E-state index contributed by atoms with van der Waals surface area (Å²) in [5.41, 5.74) is 0. The number of rotatable bonds is 1. The smallest absolute Gasteiger partial charge is 0.315 e.